The molecule has 2 aromatic carbocycles. The van der Waals surface area contributed by atoms with E-state index < -0.39 is 5.97 Å². The van der Waals surface area contributed by atoms with Crippen LogP contribution in [0.2, 0.25) is 0 Å². The zero-order valence-electron chi connectivity index (χ0n) is 18.6. The molecule has 1 fully saturated rings. The molecule has 1 N–H and O–H groups in total. The lowest BCUT2D eigenvalue weighted by Gasteiger charge is -2.23. The second-order valence-corrected chi connectivity index (χ2v) is 8.12. The molecule has 7 heteroatoms. The van der Waals surface area contributed by atoms with Crippen molar-refractivity contribution in [2.45, 2.75) is 13.1 Å². The van der Waals surface area contributed by atoms with Crippen molar-refractivity contribution in [3.05, 3.63) is 65.2 Å². The van der Waals surface area contributed by atoms with Gasteiger partial charge in [0, 0.05) is 38.9 Å². The Morgan fingerprint density at radius 1 is 0.935 bits per heavy atom. The van der Waals surface area contributed by atoms with Gasteiger partial charge in [-0.25, -0.2) is 4.79 Å². The van der Waals surface area contributed by atoms with Crippen molar-refractivity contribution in [3.8, 4) is 0 Å². The zero-order chi connectivity index (χ0) is 22.2. The molecule has 31 heavy (non-hydrogen) atoms. The molecule has 0 spiro atoms. The Morgan fingerprint density at radius 2 is 1.55 bits per heavy atom. The lowest BCUT2D eigenvalue weighted by atomic mass is 10.1. The number of nitrogens with one attached hydrogen (secondary N) is 1. The third-order valence-corrected chi connectivity index (χ3v) is 5.47. The number of rotatable bonds is 8. The molecule has 1 heterocycles. The molecule has 166 valence electrons. The number of nitrogens with zero attached hydrogens (tertiary/aromatic N) is 2. The number of carbonyl (C=O) groups is 2. The summed E-state index contributed by atoms with van der Waals surface area (Å²) >= 11 is 0. The predicted octanol–water partition coefficient (Wildman–Crippen LogP) is 0.983. The smallest absolute Gasteiger partial charge is 0.338 e. The number of hydrogen-bond acceptors (Lipinski definition) is 5. The van der Waals surface area contributed by atoms with E-state index in [1.165, 1.54) is 10.5 Å². The molecule has 0 aliphatic carbocycles. The van der Waals surface area contributed by atoms with E-state index in [1.807, 2.05) is 55.4 Å². The number of ether oxygens (including phenoxy) is 2. The van der Waals surface area contributed by atoms with Crippen LogP contribution < -0.4 is 9.80 Å². The van der Waals surface area contributed by atoms with Crippen LogP contribution in [0.1, 0.15) is 21.5 Å². The van der Waals surface area contributed by atoms with E-state index in [4.69, 9.17) is 9.47 Å². The van der Waals surface area contributed by atoms with Gasteiger partial charge in [0.1, 0.15) is 19.6 Å². The lowest BCUT2D eigenvalue weighted by Crippen LogP contribution is -3.12. The van der Waals surface area contributed by atoms with E-state index in [-0.39, 0.29) is 12.5 Å². The number of carbonyl (C=O) groups excluding carboxylic acids is 2. The first-order chi connectivity index (χ1) is 14.9. The van der Waals surface area contributed by atoms with Gasteiger partial charge in [-0.1, -0.05) is 24.3 Å². The summed E-state index contributed by atoms with van der Waals surface area (Å²) in [4.78, 5) is 29.7. The highest BCUT2D eigenvalue weighted by Gasteiger charge is 2.16. The van der Waals surface area contributed by atoms with Crippen molar-refractivity contribution >= 4 is 17.6 Å². The van der Waals surface area contributed by atoms with Gasteiger partial charge in [0.15, 0.2) is 6.61 Å². The standard InChI is InChI=1S/C24H31N3O4/c1-25(2)22-10-6-19(7-11-22)16-26(3)23(28)18-31-24(29)21-8-4-20(5-9-21)17-27-12-14-30-15-13-27/h4-11H,12-18H2,1-3H3/p+1. The zero-order valence-corrected chi connectivity index (χ0v) is 18.6. The highest BCUT2D eigenvalue weighted by Crippen LogP contribution is 2.13. The summed E-state index contributed by atoms with van der Waals surface area (Å²) in [5, 5.41) is 0. The number of morpholine rings is 1. The molecule has 0 bridgehead atoms. The summed E-state index contributed by atoms with van der Waals surface area (Å²) < 4.78 is 10.6. The van der Waals surface area contributed by atoms with Gasteiger partial charge in [0.05, 0.1) is 18.8 Å². The molecule has 3 rings (SSSR count). The number of esters is 1. The second-order valence-electron chi connectivity index (χ2n) is 8.12. The highest BCUT2D eigenvalue weighted by molar-refractivity contribution is 5.91. The van der Waals surface area contributed by atoms with Gasteiger partial charge in [0.25, 0.3) is 5.91 Å². The Balaban J connectivity index is 1.45. The number of hydrogen-bond donors (Lipinski definition) is 1. The maximum atomic E-state index is 12.4. The molecule has 1 saturated heterocycles. The molecule has 0 unspecified atom stereocenters. The Bertz CT molecular complexity index is 859. The molecular formula is C24H32N3O4+. The van der Waals surface area contributed by atoms with Crippen LogP contribution in [0.4, 0.5) is 5.69 Å². The average Bonchev–Trinajstić information content (AvgIpc) is 2.78. The molecule has 1 aliphatic heterocycles. The van der Waals surface area contributed by atoms with E-state index in [2.05, 4.69) is 0 Å². The topological polar surface area (TPSA) is 63.5 Å². The number of anilines is 1. The normalized spacial score (nSPS) is 14.2. The Labute approximate surface area is 184 Å². The Hall–Kier alpha value is -2.90. The molecule has 7 nitrogen and oxygen atoms in total. The third kappa shape index (κ3) is 6.80. The third-order valence-electron chi connectivity index (χ3n) is 5.47. The fourth-order valence-corrected chi connectivity index (χ4v) is 3.47. The van der Waals surface area contributed by atoms with Gasteiger partial charge < -0.3 is 24.2 Å². The summed E-state index contributed by atoms with van der Waals surface area (Å²) in [6, 6.07) is 15.4. The first kappa shape index (κ1) is 22.8. The highest BCUT2D eigenvalue weighted by atomic mass is 16.5. The number of likely N-dealkylation sites (N-methyl/N-ethyl adjacent to an activating group) is 1. The van der Waals surface area contributed by atoms with Crippen LogP contribution in [0.3, 0.4) is 0 Å². The molecule has 2 aromatic rings. The average molecular weight is 427 g/mol. The van der Waals surface area contributed by atoms with Crippen LogP contribution in [0.25, 0.3) is 0 Å². The first-order valence-electron chi connectivity index (χ1n) is 10.6. The fourth-order valence-electron chi connectivity index (χ4n) is 3.47. The van der Waals surface area contributed by atoms with Crippen molar-refractivity contribution in [1.82, 2.24) is 4.90 Å². The number of benzene rings is 2. The maximum absolute atomic E-state index is 12.4. The fraction of sp³-hybridized carbons (Fsp3) is 0.417. The van der Waals surface area contributed by atoms with Crippen molar-refractivity contribution in [3.63, 3.8) is 0 Å². The largest absolute Gasteiger partial charge is 0.452 e. The SMILES string of the molecule is CN(Cc1ccc(N(C)C)cc1)C(=O)COC(=O)c1ccc(C[NH+]2CCOCC2)cc1. The van der Waals surface area contributed by atoms with Gasteiger partial charge in [0.2, 0.25) is 0 Å². The van der Waals surface area contributed by atoms with Crippen molar-refractivity contribution in [1.29, 1.82) is 0 Å². The van der Waals surface area contributed by atoms with Crippen LogP contribution in [0.15, 0.2) is 48.5 Å². The molecule has 0 atom stereocenters. The van der Waals surface area contributed by atoms with Crippen LogP contribution in [-0.2, 0) is 27.4 Å². The molecule has 1 aliphatic rings. The quantitative estimate of drug-likeness (QED) is 0.638. The monoisotopic (exact) mass is 426 g/mol. The van der Waals surface area contributed by atoms with Crippen LogP contribution in [0.5, 0.6) is 0 Å². The maximum Gasteiger partial charge on any atom is 0.338 e. The molecule has 1 amide bonds. The van der Waals surface area contributed by atoms with Crippen LogP contribution >= 0.6 is 0 Å². The van der Waals surface area contributed by atoms with Gasteiger partial charge in [-0.15, -0.1) is 0 Å². The van der Waals surface area contributed by atoms with Gasteiger partial charge in [-0.3, -0.25) is 4.79 Å². The van der Waals surface area contributed by atoms with E-state index in [0.29, 0.717) is 12.1 Å². The van der Waals surface area contributed by atoms with Crippen LogP contribution in [-0.4, -0.2) is 70.8 Å². The minimum Gasteiger partial charge on any atom is -0.452 e. The second kappa shape index (κ2) is 10.9. The van der Waals surface area contributed by atoms with E-state index in [9.17, 15) is 9.59 Å². The van der Waals surface area contributed by atoms with E-state index >= 15 is 0 Å². The predicted molar refractivity (Wildman–Crippen MR) is 119 cm³/mol. The van der Waals surface area contributed by atoms with Gasteiger partial charge in [-0.2, -0.15) is 0 Å². The van der Waals surface area contributed by atoms with Crippen molar-refractivity contribution < 1.29 is 24.0 Å². The summed E-state index contributed by atoms with van der Waals surface area (Å²) in [5.74, 6) is -0.722. The molecule has 0 radical (unpaired) electrons. The molecule has 0 saturated carbocycles. The van der Waals surface area contributed by atoms with E-state index in [0.717, 1.165) is 44.1 Å². The molecule has 0 aromatic heterocycles. The Kier molecular flexibility index (Phi) is 8.03. The van der Waals surface area contributed by atoms with E-state index in [1.54, 1.807) is 24.1 Å². The number of amides is 1. The minimum absolute atomic E-state index is 0.238. The summed E-state index contributed by atoms with van der Waals surface area (Å²) in [5.41, 5.74) is 3.75. The molecular weight excluding hydrogens is 394 g/mol. The number of quaternary nitrogens is 1. The summed E-state index contributed by atoms with van der Waals surface area (Å²) in [7, 11) is 5.67. The summed E-state index contributed by atoms with van der Waals surface area (Å²) in [6.45, 7) is 4.69. The minimum atomic E-state index is -0.484. The van der Waals surface area contributed by atoms with Crippen molar-refractivity contribution in [2.75, 3.05) is 59.0 Å². The van der Waals surface area contributed by atoms with Gasteiger partial charge >= 0.3 is 5.97 Å². The summed E-state index contributed by atoms with van der Waals surface area (Å²) in [6.07, 6.45) is 0. The lowest BCUT2D eigenvalue weighted by molar-refractivity contribution is -0.921. The Morgan fingerprint density at radius 3 is 2.16 bits per heavy atom. The van der Waals surface area contributed by atoms with Gasteiger partial charge in [-0.05, 0) is 29.8 Å². The first-order valence-corrected chi connectivity index (χ1v) is 10.6. The van der Waals surface area contributed by atoms with Crippen molar-refractivity contribution in [2.24, 2.45) is 0 Å². The van der Waals surface area contributed by atoms with Crippen LogP contribution in [0, 0.1) is 0 Å².